The minimum absolute atomic E-state index is 0.315. The monoisotopic (exact) mass is 260 g/mol. The fourth-order valence-corrected chi connectivity index (χ4v) is 1.60. The summed E-state index contributed by atoms with van der Waals surface area (Å²) in [7, 11) is 0. The Balaban J connectivity index is 1.83. The molecule has 0 aliphatic heterocycles. The molecule has 0 saturated heterocycles. The minimum atomic E-state index is -0.315. The number of H-pyrrole nitrogens is 1. The van der Waals surface area contributed by atoms with Crippen LogP contribution >= 0.6 is 0 Å². The molecule has 1 aromatic carbocycles. The second-order valence-corrected chi connectivity index (χ2v) is 3.88. The van der Waals surface area contributed by atoms with Gasteiger partial charge in [-0.05, 0) is 31.2 Å². The van der Waals surface area contributed by atoms with Crippen LogP contribution in [0.25, 0.3) is 0 Å². The highest BCUT2D eigenvalue weighted by Gasteiger charge is 2.05. The SMILES string of the molecule is CCOC(=O)c1ccc(OCCc2ncc[nH]2)cc1. The molecule has 0 bridgehead atoms. The Labute approximate surface area is 111 Å². The molecule has 0 aliphatic carbocycles. The first-order valence-electron chi connectivity index (χ1n) is 6.18. The molecule has 19 heavy (non-hydrogen) atoms. The second kappa shape index (κ2) is 6.58. The summed E-state index contributed by atoms with van der Waals surface area (Å²) in [4.78, 5) is 18.6. The molecule has 1 N–H and O–H groups in total. The number of aromatic amines is 1. The van der Waals surface area contributed by atoms with E-state index in [0.29, 0.717) is 25.2 Å². The Morgan fingerprint density at radius 1 is 1.32 bits per heavy atom. The van der Waals surface area contributed by atoms with Gasteiger partial charge in [-0.2, -0.15) is 0 Å². The molecule has 100 valence electrons. The highest BCUT2D eigenvalue weighted by atomic mass is 16.5. The van der Waals surface area contributed by atoms with Gasteiger partial charge in [0.1, 0.15) is 11.6 Å². The number of nitrogens with zero attached hydrogens (tertiary/aromatic N) is 1. The fourth-order valence-electron chi connectivity index (χ4n) is 1.60. The molecule has 0 radical (unpaired) electrons. The quantitative estimate of drug-likeness (QED) is 0.809. The van der Waals surface area contributed by atoms with Crippen molar-refractivity contribution in [2.45, 2.75) is 13.3 Å². The molecule has 0 saturated carbocycles. The number of aromatic nitrogens is 2. The lowest BCUT2D eigenvalue weighted by molar-refractivity contribution is 0.0526. The van der Waals surface area contributed by atoms with Gasteiger partial charge in [0.05, 0.1) is 18.8 Å². The maximum Gasteiger partial charge on any atom is 0.338 e. The average Bonchev–Trinajstić information content (AvgIpc) is 2.93. The number of ether oxygens (including phenoxy) is 2. The van der Waals surface area contributed by atoms with Crippen molar-refractivity contribution in [2.24, 2.45) is 0 Å². The van der Waals surface area contributed by atoms with Crippen molar-refractivity contribution in [3.8, 4) is 5.75 Å². The number of imidazole rings is 1. The number of carbonyl (C=O) groups excluding carboxylic acids is 1. The van der Waals surface area contributed by atoms with Gasteiger partial charge in [-0.3, -0.25) is 0 Å². The van der Waals surface area contributed by atoms with Gasteiger partial charge in [-0.15, -0.1) is 0 Å². The van der Waals surface area contributed by atoms with Crippen molar-refractivity contribution in [1.82, 2.24) is 9.97 Å². The molecule has 5 nitrogen and oxygen atoms in total. The van der Waals surface area contributed by atoms with Crippen LogP contribution < -0.4 is 4.74 Å². The van der Waals surface area contributed by atoms with Crippen LogP contribution in [-0.2, 0) is 11.2 Å². The third-order valence-corrected chi connectivity index (χ3v) is 2.53. The molecule has 1 aromatic heterocycles. The van der Waals surface area contributed by atoms with Crippen molar-refractivity contribution >= 4 is 5.97 Å². The van der Waals surface area contributed by atoms with E-state index in [2.05, 4.69) is 9.97 Å². The second-order valence-electron chi connectivity index (χ2n) is 3.88. The summed E-state index contributed by atoms with van der Waals surface area (Å²) in [5, 5.41) is 0. The molecule has 2 aromatic rings. The zero-order valence-electron chi connectivity index (χ0n) is 10.8. The Kier molecular flexibility index (Phi) is 4.55. The van der Waals surface area contributed by atoms with Gasteiger partial charge in [-0.1, -0.05) is 0 Å². The van der Waals surface area contributed by atoms with E-state index in [1.165, 1.54) is 0 Å². The van der Waals surface area contributed by atoms with Gasteiger partial charge in [0.15, 0.2) is 0 Å². The number of hydrogen-bond acceptors (Lipinski definition) is 4. The molecular formula is C14H16N2O3. The van der Waals surface area contributed by atoms with Gasteiger partial charge in [0, 0.05) is 18.8 Å². The third-order valence-electron chi connectivity index (χ3n) is 2.53. The molecule has 5 heteroatoms. The highest BCUT2D eigenvalue weighted by Crippen LogP contribution is 2.13. The van der Waals surface area contributed by atoms with Gasteiger partial charge >= 0.3 is 5.97 Å². The molecule has 0 spiro atoms. The number of benzene rings is 1. The lowest BCUT2D eigenvalue weighted by atomic mass is 10.2. The van der Waals surface area contributed by atoms with E-state index in [1.54, 1.807) is 43.6 Å². The summed E-state index contributed by atoms with van der Waals surface area (Å²) >= 11 is 0. The normalized spacial score (nSPS) is 10.2. The lowest BCUT2D eigenvalue weighted by Crippen LogP contribution is -2.05. The number of rotatable bonds is 6. The van der Waals surface area contributed by atoms with E-state index in [-0.39, 0.29) is 5.97 Å². The standard InChI is InChI=1S/C14H16N2O3/c1-2-18-14(17)11-3-5-12(6-4-11)19-10-7-13-15-8-9-16-13/h3-6,8-9H,2,7,10H2,1H3,(H,15,16). The van der Waals surface area contributed by atoms with Crippen molar-refractivity contribution in [3.05, 3.63) is 48.0 Å². The Hall–Kier alpha value is -2.30. The lowest BCUT2D eigenvalue weighted by Gasteiger charge is -2.06. The van der Waals surface area contributed by atoms with E-state index < -0.39 is 0 Å². The van der Waals surface area contributed by atoms with Crippen LogP contribution in [0.2, 0.25) is 0 Å². The Bertz CT molecular complexity index is 506. The topological polar surface area (TPSA) is 64.2 Å². The number of carbonyl (C=O) groups is 1. The zero-order valence-corrected chi connectivity index (χ0v) is 10.8. The van der Waals surface area contributed by atoms with Crippen molar-refractivity contribution in [1.29, 1.82) is 0 Å². The third kappa shape index (κ3) is 3.84. The van der Waals surface area contributed by atoms with Crippen LogP contribution in [0.15, 0.2) is 36.7 Å². The van der Waals surface area contributed by atoms with Crippen LogP contribution in [0.4, 0.5) is 0 Å². The van der Waals surface area contributed by atoms with Crippen molar-refractivity contribution in [2.75, 3.05) is 13.2 Å². The number of nitrogens with one attached hydrogen (secondary N) is 1. The molecule has 0 unspecified atom stereocenters. The first-order valence-corrected chi connectivity index (χ1v) is 6.18. The van der Waals surface area contributed by atoms with Crippen LogP contribution in [-0.4, -0.2) is 29.2 Å². The zero-order chi connectivity index (χ0) is 13.5. The molecule has 0 fully saturated rings. The fraction of sp³-hybridized carbons (Fsp3) is 0.286. The molecule has 2 rings (SSSR count). The molecular weight excluding hydrogens is 244 g/mol. The minimum Gasteiger partial charge on any atom is -0.493 e. The van der Waals surface area contributed by atoms with Gasteiger partial charge in [0.25, 0.3) is 0 Å². The molecule has 0 amide bonds. The van der Waals surface area contributed by atoms with E-state index in [1.807, 2.05) is 0 Å². The van der Waals surface area contributed by atoms with E-state index in [4.69, 9.17) is 9.47 Å². The Morgan fingerprint density at radius 3 is 2.74 bits per heavy atom. The first kappa shape index (κ1) is 13.1. The van der Waals surface area contributed by atoms with Crippen LogP contribution in [0.5, 0.6) is 5.75 Å². The summed E-state index contributed by atoms with van der Waals surface area (Å²) < 4.78 is 10.5. The maximum atomic E-state index is 11.5. The average molecular weight is 260 g/mol. The molecule has 0 aliphatic rings. The predicted octanol–water partition coefficient (Wildman–Crippen LogP) is 2.21. The number of hydrogen-bond donors (Lipinski definition) is 1. The Morgan fingerprint density at radius 2 is 2.11 bits per heavy atom. The summed E-state index contributed by atoms with van der Waals surface area (Å²) in [5.41, 5.74) is 0.528. The predicted molar refractivity (Wildman–Crippen MR) is 70.2 cm³/mol. The smallest absolute Gasteiger partial charge is 0.338 e. The van der Waals surface area contributed by atoms with Crippen LogP contribution in [0.3, 0.4) is 0 Å². The summed E-state index contributed by atoms with van der Waals surface area (Å²) in [6, 6.07) is 6.91. The largest absolute Gasteiger partial charge is 0.493 e. The van der Waals surface area contributed by atoms with Crippen LogP contribution in [0, 0.1) is 0 Å². The van der Waals surface area contributed by atoms with E-state index in [9.17, 15) is 4.79 Å². The van der Waals surface area contributed by atoms with Gasteiger partial charge in [0.2, 0.25) is 0 Å². The van der Waals surface area contributed by atoms with Gasteiger partial charge in [-0.25, -0.2) is 9.78 Å². The molecule has 1 heterocycles. The maximum absolute atomic E-state index is 11.5. The summed E-state index contributed by atoms with van der Waals surface area (Å²) in [6.07, 6.45) is 4.21. The van der Waals surface area contributed by atoms with Gasteiger partial charge < -0.3 is 14.5 Å². The molecule has 0 atom stereocenters. The van der Waals surface area contributed by atoms with Crippen LogP contribution in [0.1, 0.15) is 23.1 Å². The number of esters is 1. The van der Waals surface area contributed by atoms with E-state index in [0.717, 1.165) is 11.6 Å². The summed E-state index contributed by atoms with van der Waals surface area (Å²) in [5.74, 6) is 1.30. The van der Waals surface area contributed by atoms with E-state index >= 15 is 0 Å². The van der Waals surface area contributed by atoms with Crippen molar-refractivity contribution in [3.63, 3.8) is 0 Å². The first-order chi connectivity index (χ1) is 9.29. The summed E-state index contributed by atoms with van der Waals surface area (Å²) in [6.45, 7) is 2.69. The van der Waals surface area contributed by atoms with Crippen molar-refractivity contribution < 1.29 is 14.3 Å². The highest BCUT2D eigenvalue weighted by molar-refractivity contribution is 5.89.